The third kappa shape index (κ3) is 2.98. The van der Waals surface area contributed by atoms with Gasteiger partial charge in [-0.05, 0) is 63.3 Å². The van der Waals surface area contributed by atoms with Crippen LogP contribution in [0.3, 0.4) is 0 Å². The zero-order valence-corrected chi connectivity index (χ0v) is 14.9. The number of nitrogens with zero attached hydrogens (tertiary/aromatic N) is 2. The first-order valence-corrected chi connectivity index (χ1v) is 9.00. The molecule has 2 aliphatic heterocycles. The summed E-state index contributed by atoms with van der Waals surface area (Å²) in [7, 11) is 2.21. The monoisotopic (exact) mass is 372 g/mol. The molecular weight excluding hydrogens is 352 g/mol. The SMILES string of the molecule is CN1CCC(N2Cc3cc(Br)ccc3Oc3ccccc32)CC1. The van der Waals surface area contributed by atoms with Gasteiger partial charge < -0.3 is 14.5 Å². The maximum atomic E-state index is 6.23. The molecule has 0 aliphatic carbocycles. The summed E-state index contributed by atoms with van der Waals surface area (Å²) in [6, 6.07) is 15.3. The number of benzene rings is 2. The van der Waals surface area contributed by atoms with E-state index in [9.17, 15) is 0 Å². The number of piperidine rings is 1. The van der Waals surface area contributed by atoms with Gasteiger partial charge in [0.05, 0.1) is 5.69 Å². The van der Waals surface area contributed by atoms with Gasteiger partial charge in [-0.2, -0.15) is 0 Å². The van der Waals surface area contributed by atoms with Gasteiger partial charge in [0.25, 0.3) is 0 Å². The number of halogens is 1. The highest BCUT2D eigenvalue weighted by Gasteiger charge is 2.28. The van der Waals surface area contributed by atoms with Crippen molar-refractivity contribution < 1.29 is 4.74 Å². The van der Waals surface area contributed by atoms with Crippen LogP contribution in [0.2, 0.25) is 0 Å². The molecule has 0 atom stereocenters. The van der Waals surface area contributed by atoms with E-state index in [1.165, 1.54) is 24.1 Å². The van der Waals surface area contributed by atoms with Crippen LogP contribution >= 0.6 is 15.9 Å². The Morgan fingerprint density at radius 1 is 1.04 bits per heavy atom. The summed E-state index contributed by atoms with van der Waals surface area (Å²) < 4.78 is 7.33. The van der Waals surface area contributed by atoms with Gasteiger partial charge in [-0.15, -0.1) is 0 Å². The van der Waals surface area contributed by atoms with Gasteiger partial charge in [0.2, 0.25) is 0 Å². The molecule has 1 fully saturated rings. The zero-order valence-electron chi connectivity index (χ0n) is 13.3. The Balaban J connectivity index is 1.74. The molecule has 0 unspecified atom stereocenters. The molecule has 0 spiro atoms. The molecule has 0 amide bonds. The first-order chi connectivity index (χ1) is 11.2. The van der Waals surface area contributed by atoms with E-state index in [4.69, 9.17) is 4.74 Å². The fraction of sp³-hybridized carbons (Fsp3) is 0.368. The van der Waals surface area contributed by atoms with Crippen molar-refractivity contribution in [2.45, 2.75) is 25.4 Å². The molecule has 2 heterocycles. The standard InChI is InChI=1S/C19H21BrN2O/c1-21-10-8-16(9-11-21)22-13-14-12-15(20)6-7-18(14)23-19-5-3-2-4-17(19)22/h2-7,12,16H,8-11,13H2,1H3. The van der Waals surface area contributed by atoms with Gasteiger partial charge in [-0.3, -0.25) is 0 Å². The van der Waals surface area contributed by atoms with Gasteiger partial charge in [0.15, 0.2) is 5.75 Å². The van der Waals surface area contributed by atoms with Gasteiger partial charge in [-0.25, -0.2) is 0 Å². The maximum Gasteiger partial charge on any atom is 0.150 e. The summed E-state index contributed by atoms with van der Waals surface area (Å²) in [6.45, 7) is 3.23. The summed E-state index contributed by atoms with van der Waals surface area (Å²) in [6.07, 6.45) is 2.41. The van der Waals surface area contributed by atoms with Crippen molar-refractivity contribution in [2.24, 2.45) is 0 Å². The molecule has 4 heteroatoms. The van der Waals surface area contributed by atoms with E-state index < -0.39 is 0 Å². The molecule has 2 aromatic rings. The second-order valence-electron chi connectivity index (χ2n) is 6.48. The predicted octanol–water partition coefficient (Wildman–Crippen LogP) is 4.66. The lowest BCUT2D eigenvalue weighted by atomic mass is 10.0. The predicted molar refractivity (Wildman–Crippen MR) is 97.4 cm³/mol. The van der Waals surface area contributed by atoms with E-state index in [0.717, 1.165) is 35.6 Å². The third-order valence-electron chi connectivity index (χ3n) is 4.89. The highest BCUT2D eigenvalue weighted by molar-refractivity contribution is 9.10. The minimum atomic E-state index is 0.570. The van der Waals surface area contributed by atoms with Crippen molar-refractivity contribution in [2.75, 3.05) is 25.0 Å². The van der Waals surface area contributed by atoms with Crippen molar-refractivity contribution in [1.29, 1.82) is 0 Å². The topological polar surface area (TPSA) is 15.7 Å². The molecule has 1 saturated heterocycles. The lowest BCUT2D eigenvalue weighted by Gasteiger charge is -2.38. The normalized spacial score (nSPS) is 18.8. The molecule has 23 heavy (non-hydrogen) atoms. The van der Waals surface area contributed by atoms with E-state index in [0.29, 0.717) is 6.04 Å². The number of likely N-dealkylation sites (tertiary alicyclic amines) is 1. The molecule has 4 rings (SSSR count). The number of rotatable bonds is 1. The highest BCUT2D eigenvalue weighted by Crippen LogP contribution is 2.41. The first kappa shape index (κ1) is 15.0. The van der Waals surface area contributed by atoms with Crippen molar-refractivity contribution in [3.8, 4) is 11.5 Å². The average molecular weight is 373 g/mol. The van der Waals surface area contributed by atoms with Crippen LogP contribution in [-0.4, -0.2) is 31.1 Å². The number of hydrogen-bond donors (Lipinski definition) is 0. The van der Waals surface area contributed by atoms with Crippen LogP contribution in [-0.2, 0) is 6.54 Å². The molecule has 120 valence electrons. The summed E-state index contributed by atoms with van der Waals surface area (Å²) in [4.78, 5) is 4.96. The summed E-state index contributed by atoms with van der Waals surface area (Å²) in [5.41, 5.74) is 2.46. The molecule has 2 aliphatic rings. The van der Waals surface area contributed by atoms with Crippen LogP contribution in [0.5, 0.6) is 11.5 Å². The second kappa shape index (κ2) is 6.17. The largest absolute Gasteiger partial charge is 0.455 e. The lowest BCUT2D eigenvalue weighted by Crippen LogP contribution is -2.43. The molecular formula is C19H21BrN2O. The summed E-state index contributed by atoms with van der Waals surface area (Å²) in [5.74, 6) is 1.93. The fourth-order valence-electron chi connectivity index (χ4n) is 3.57. The molecule has 0 N–H and O–H groups in total. The molecule has 0 saturated carbocycles. The Hall–Kier alpha value is -1.52. The molecule has 3 nitrogen and oxygen atoms in total. The number of anilines is 1. The summed E-state index contributed by atoms with van der Waals surface area (Å²) in [5, 5.41) is 0. The van der Waals surface area contributed by atoms with Crippen LogP contribution in [0.15, 0.2) is 46.9 Å². The van der Waals surface area contributed by atoms with Gasteiger partial charge >= 0.3 is 0 Å². The quantitative estimate of drug-likeness (QED) is 0.724. The van der Waals surface area contributed by atoms with Crippen molar-refractivity contribution in [3.05, 3.63) is 52.5 Å². The molecule has 2 aromatic carbocycles. The average Bonchev–Trinajstić information content (AvgIpc) is 2.72. The van der Waals surface area contributed by atoms with Crippen molar-refractivity contribution in [1.82, 2.24) is 4.90 Å². The van der Waals surface area contributed by atoms with Gasteiger partial charge in [-0.1, -0.05) is 28.1 Å². The Kier molecular flexibility index (Phi) is 4.04. The first-order valence-electron chi connectivity index (χ1n) is 8.21. The minimum absolute atomic E-state index is 0.570. The Bertz CT molecular complexity index is 710. The van der Waals surface area contributed by atoms with Crippen LogP contribution in [0.1, 0.15) is 18.4 Å². The zero-order chi connectivity index (χ0) is 15.8. The van der Waals surface area contributed by atoms with Crippen LogP contribution in [0.4, 0.5) is 5.69 Å². The minimum Gasteiger partial charge on any atom is -0.455 e. The lowest BCUT2D eigenvalue weighted by molar-refractivity contribution is 0.249. The number of para-hydroxylation sites is 2. The Labute approximate surface area is 146 Å². The number of ether oxygens (including phenoxy) is 1. The van der Waals surface area contributed by atoms with Crippen molar-refractivity contribution >= 4 is 21.6 Å². The molecule has 0 aromatic heterocycles. The van der Waals surface area contributed by atoms with Gasteiger partial charge in [0, 0.05) is 22.6 Å². The van der Waals surface area contributed by atoms with E-state index in [2.05, 4.69) is 69.2 Å². The summed E-state index contributed by atoms with van der Waals surface area (Å²) >= 11 is 3.59. The second-order valence-corrected chi connectivity index (χ2v) is 7.40. The smallest absolute Gasteiger partial charge is 0.150 e. The van der Waals surface area contributed by atoms with Crippen LogP contribution < -0.4 is 9.64 Å². The van der Waals surface area contributed by atoms with E-state index in [1.807, 2.05) is 6.07 Å². The third-order valence-corrected chi connectivity index (χ3v) is 5.38. The van der Waals surface area contributed by atoms with Gasteiger partial charge in [0.1, 0.15) is 5.75 Å². The molecule has 0 radical (unpaired) electrons. The van der Waals surface area contributed by atoms with Crippen LogP contribution in [0.25, 0.3) is 0 Å². The number of fused-ring (bicyclic) bond motifs is 2. The van der Waals surface area contributed by atoms with Crippen molar-refractivity contribution in [3.63, 3.8) is 0 Å². The highest BCUT2D eigenvalue weighted by atomic mass is 79.9. The van der Waals surface area contributed by atoms with E-state index in [1.54, 1.807) is 0 Å². The van der Waals surface area contributed by atoms with Crippen LogP contribution in [0, 0.1) is 0 Å². The van der Waals surface area contributed by atoms with E-state index >= 15 is 0 Å². The maximum absolute atomic E-state index is 6.23. The Morgan fingerprint density at radius 3 is 2.65 bits per heavy atom. The molecule has 0 bridgehead atoms. The fourth-order valence-corrected chi connectivity index (χ4v) is 3.98. The number of hydrogen-bond acceptors (Lipinski definition) is 3. The Morgan fingerprint density at radius 2 is 1.83 bits per heavy atom. The van der Waals surface area contributed by atoms with E-state index in [-0.39, 0.29) is 0 Å².